The zero-order valence-corrected chi connectivity index (χ0v) is 12.3. The molecule has 0 aliphatic carbocycles. The third-order valence-electron chi connectivity index (χ3n) is 3.57. The van der Waals surface area contributed by atoms with Gasteiger partial charge in [0, 0.05) is 11.3 Å². The lowest BCUT2D eigenvalue weighted by Crippen LogP contribution is -2.29. The lowest BCUT2D eigenvalue weighted by molar-refractivity contribution is 0.0673. The van der Waals surface area contributed by atoms with Crippen molar-refractivity contribution in [3.8, 4) is 11.8 Å². The Bertz CT molecular complexity index is 914. The summed E-state index contributed by atoms with van der Waals surface area (Å²) >= 11 is 0. The molecule has 0 aromatic heterocycles. The molecule has 2 N–H and O–H groups in total. The molecule has 0 bridgehead atoms. The Labute approximate surface area is 136 Å². The van der Waals surface area contributed by atoms with Crippen molar-refractivity contribution in [1.29, 1.82) is 5.26 Å². The summed E-state index contributed by atoms with van der Waals surface area (Å²) in [7, 11) is 0. The van der Waals surface area contributed by atoms with Crippen molar-refractivity contribution in [3.05, 3.63) is 59.2 Å². The number of nitriles is 1. The molecule has 0 spiro atoms. The van der Waals surface area contributed by atoms with Crippen molar-refractivity contribution in [2.75, 3.05) is 11.9 Å². The molecule has 0 saturated carbocycles. The van der Waals surface area contributed by atoms with Crippen LogP contribution in [0.2, 0.25) is 0 Å². The van der Waals surface area contributed by atoms with Gasteiger partial charge in [-0.25, -0.2) is 0 Å². The zero-order valence-electron chi connectivity index (χ0n) is 12.3. The van der Waals surface area contributed by atoms with E-state index in [0.29, 0.717) is 5.69 Å². The maximum absolute atomic E-state index is 12.2. The summed E-state index contributed by atoms with van der Waals surface area (Å²) in [5.74, 6) is -1.59. The number of hydrogen-bond acceptors (Lipinski definition) is 5. The van der Waals surface area contributed by atoms with Crippen molar-refractivity contribution < 1.29 is 19.5 Å². The third kappa shape index (κ3) is 2.57. The van der Waals surface area contributed by atoms with Crippen LogP contribution in [-0.2, 0) is 0 Å². The van der Waals surface area contributed by atoms with Crippen LogP contribution in [0.15, 0.2) is 42.5 Å². The summed E-state index contributed by atoms with van der Waals surface area (Å²) in [6.07, 6.45) is 0. The molecule has 0 fully saturated rings. The molecule has 0 saturated heterocycles. The number of imide groups is 1. The van der Waals surface area contributed by atoms with Gasteiger partial charge in [-0.15, -0.1) is 0 Å². The first-order chi connectivity index (χ1) is 11.5. The SMILES string of the molecule is N#CCN1C(=O)c2ccc(NC(=O)c3cccc(O)c3)cc2C1=O. The summed E-state index contributed by atoms with van der Waals surface area (Å²) in [6.45, 7) is -0.322. The maximum Gasteiger partial charge on any atom is 0.262 e. The summed E-state index contributed by atoms with van der Waals surface area (Å²) in [4.78, 5) is 37.2. The van der Waals surface area contributed by atoms with Gasteiger partial charge in [0.25, 0.3) is 17.7 Å². The molecular weight excluding hydrogens is 310 g/mol. The highest BCUT2D eigenvalue weighted by Gasteiger charge is 2.35. The van der Waals surface area contributed by atoms with Gasteiger partial charge < -0.3 is 10.4 Å². The first-order valence-corrected chi connectivity index (χ1v) is 6.99. The minimum Gasteiger partial charge on any atom is -0.508 e. The predicted octanol–water partition coefficient (Wildman–Crippen LogP) is 1.76. The van der Waals surface area contributed by atoms with Crippen molar-refractivity contribution in [1.82, 2.24) is 4.90 Å². The first kappa shape index (κ1) is 15.2. The fourth-order valence-corrected chi connectivity index (χ4v) is 2.43. The molecule has 2 aromatic carbocycles. The number of phenols is 1. The topological polar surface area (TPSA) is 110 Å². The van der Waals surface area contributed by atoms with Crippen LogP contribution in [0, 0.1) is 11.3 Å². The summed E-state index contributed by atoms with van der Waals surface area (Å²) < 4.78 is 0. The largest absolute Gasteiger partial charge is 0.508 e. The van der Waals surface area contributed by atoms with E-state index in [2.05, 4.69) is 5.32 Å². The van der Waals surface area contributed by atoms with Crippen LogP contribution in [0.5, 0.6) is 5.75 Å². The van der Waals surface area contributed by atoms with Crippen LogP contribution in [-0.4, -0.2) is 34.3 Å². The quantitative estimate of drug-likeness (QED) is 0.661. The summed E-state index contributed by atoms with van der Waals surface area (Å²) in [5, 5.41) is 20.7. The molecule has 1 heterocycles. The molecule has 0 atom stereocenters. The number of nitrogens with zero attached hydrogens (tertiary/aromatic N) is 2. The smallest absolute Gasteiger partial charge is 0.262 e. The van der Waals surface area contributed by atoms with Crippen molar-refractivity contribution in [3.63, 3.8) is 0 Å². The lowest BCUT2D eigenvalue weighted by Gasteiger charge is -2.07. The number of carbonyl (C=O) groups is 3. The number of phenolic OH excluding ortho intramolecular Hbond substituents is 1. The Balaban J connectivity index is 1.86. The van der Waals surface area contributed by atoms with E-state index in [-0.39, 0.29) is 29.0 Å². The molecular formula is C17H11N3O4. The van der Waals surface area contributed by atoms with Crippen LogP contribution >= 0.6 is 0 Å². The minimum atomic E-state index is -0.565. The van der Waals surface area contributed by atoms with Gasteiger partial charge in [0.15, 0.2) is 0 Å². The Morgan fingerprint density at radius 1 is 1.12 bits per heavy atom. The monoisotopic (exact) mass is 321 g/mol. The van der Waals surface area contributed by atoms with E-state index in [0.717, 1.165) is 4.90 Å². The van der Waals surface area contributed by atoms with E-state index in [1.165, 1.54) is 42.5 Å². The van der Waals surface area contributed by atoms with Gasteiger partial charge in [-0.3, -0.25) is 19.3 Å². The van der Waals surface area contributed by atoms with Crippen molar-refractivity contribution in [2.24, 2.45) is 0 Å². The normalized spacial score (nSPS) is 12.7. The number of benzene rings is 2. The molecule has 118 valence electrons. The molecule has 0 radical (unpaired) electrons. The molecule has 24 heavy (non-hydrogen) atoms. The fourth-order valence-electron chi connectivity index (χ4n) is 2.43. The Hall–Kier alpha value is -3.66. The Morgan fingerprint density at radius 2 is 1.88 bits per heavy atom. The fraction of sp³-hybridized carbons (Fsp3) is 0.0588. The number of amides is 3. The van der Waals surface area contributed by atoms with E-state index >= 15 is 0 Å². The highest BCUT2D eigenvalue weighted by molar-refractivity contribution is 6.22. The second-order valence-electron chi connectivity index (χ2n) is 5.12. The van der Waals surface area contributed by atoms with E-state index in [4.69, 9.17) is 5.26 Å². The van der Waals surface area contributed by atoms with Gasteiger partial charge in [-0.2, -0.15) is 5.26 Å². The Kier molecular flexibility index (Phi) is 3.72. The molecule has 7 nitrogen and oxygen atoms in total. The van der Waals surface area contributed by atoms with E-state index in [1.807, 2.05) is 0 Å². The van der Waals surface area contributed by atoms with Crippen LogP contribution in [0.3, 0.4) is 0 Å². The van der Waals surface area contributed by atoms with Gasteiger partial charge >= 0.3 is 0 Å². The van der Waals surface area contributed by atoms with Crippen LogP contribution < -0.4 is 5.32 Å². The third-order valence-corrected chi connectivity index (χ3v) is 3.57. The number of nitrogens with one attached hydrogen (secondary N) is 1. The minimum absolute atomic E-state index is 0.0375. The zero-order chi connectivity index (χ0) is 17.3. The number of carbonyl (C=O) groups excluding carboxylic acids is 3. The molecule has 3 rings (SSSR count). The predicted molar refractivity (Wildman–Crippen MR) is 83.5 cm³/mol. The second kappa shape index (κ2) is 5.85. The van der Waals surface area contributed by atoms with Gasteiger partial charge in [0.05, 0.1) is 17.2 Å². The molecule has 7 heteroatoms. The van der Waals surface area contributed by atoms with Gasteiger partial charge in [-0.05, 0) is 36.4 Å². The number of rotatable bonds is 3. The molecule has 2 aromatic rings. The highest BCUT2D eigenvalue weighted by Crippen LogP contribution is 2.26. The second-order valence-corrected chi connectivity index (χ2v) is 5.12. The average molecular weight is 321 g/mol. The van der Waals surface area contributed by atoms with Gasteiger partial charge in [-0.1, -0.05) is 6.07 Å². The average Bonchev–Trinajstić information content (AvgIpc) is 2.80. The van der Waals surface area contributed by atoms with Crippen LogP contribution in [0.25, 0.3) is 0 Å². The lowest BCUT2D eigenvalue weighted by atomic mass is 10.1. The summed E-state index contributed by atoms with van der Waals surface area (Å²) in [5.41, 5.74) is 0.931. The maximum atomic E-state index is 12.2. The highest BCUT2D eigenvalue weighted by atomic mass is 16.3. The van der Waals surface area contributed by atoms with Gasteiger partial charge in [0.2, 0.25) is 0 Å². The van der Waals surface area contributed by atoms with Crippen LogP contribution in [0.1, 0.15) is 31.1 Å². The molecule has 1 aliphatic heterocycles. The van der Waals surface area contributed by atoms with E-state index in [1.54, 1.807) is 6.07 Å². The number of fused-ring (bicyclic) bond motifs is 1. The molecule has 0 unspecified atom stereocenters. The standard InChI is InChI=1S/C17H11N3O4/c18-6-7-20-16(23)13-5-4-11(9-14(13)17(20)24)19-15(22)10-2-1-3-12(21)8-10/h1-5,8-9,21H,7H2,(H,19,22). The van der Waals surface area contributed by atoms with Gasteiger partial charge in [0.1, 0.15) is 12.3 Å². The Morgan fingerprint density at radius 3 is 2.58 bits per heavy atom. The number of anilines is 1. The number of hydrogen-bond donors (Lipinski definition) is 2. The first-order valence-electron chi connectivity index (χ1n) is 6.99. The van der Waals surface area contributed by atoms with Crippen molar-refractivity contribution in [2.45, 2.75) is 0 Å². The van der Waals surface area contributed by atoms with E-state index < -0.39 is 17.7 Å². The molecule has 3 amide bonds. The van der Waals surface area contributed by atoms with E-state index in [9.17, 15) is 19.5 Å². The van der Waals surface area contributed by atoms with Crippen LogP contribution in [0.4, 0.5) is 5.69 Å². The molecule has 1 aliphatic rings. The van der Waals surface area contributed by atoms with Crippen molar-refractivity contribution >= 4 is 23.4 Å². The summed E-state index contributed by atoms with van der Waals surface area (Å²) in [6, 6.07) is 11.9. The number of aromatic hydroxyl groups is 1.